The molecule has 29 heavy (non-hydrogen) atoms. The lowest BCUT2D eigenvalue weighted by atomic mass is 10.1. The van der Waals surface area contributed by atoms with E-state index in [0.29, 0.717) is 32.5 Å². The summed E-state index contributed by atoms with van der Waals surface area (Å²) in [5, 5.41) is 0. The van der Waals surface area contributed by atoms with E-state index in [4.69, 9.17) is 18.9 Å². The lowest BCUT2D eigenvalue weighted by Crippen LogP contribution is -2.41. The van der Waals surface area contributed by atoms with Crippen molar-refractivity contribution in [1.29, 1.82) is 0 Å². The number of likely N-dealkylation sites (tertiary alicyclic amines) is 1. The van der Waals surface area contributed by atoms with Crippen molar-refractivity contribution >= 4 is 6.09 Å². The van der Waals surface area contributed by atoms with Crippen LogP contribution in [0, 0.1) is 0 Å². The quantitative estimate of drug-likeness (QED) is 0.578. The fourth-order valence-corrected chi connectivity index (χ4v) is 3.36. The highest BCUT2D eigenvalue weighted by atomic mass is 19.3. The van der Waals surface area contributed by atoms with Gasteiger partial charge in [0.25, 0.3) is 0 Å². The van der Waals surface area contributed by atoms with Crippen LogP contribution in [0.25, 0.3) is 0 Å². The summed E-state index contributed by atoms with van der Waals surface area (Å²) in [4.78, 5) is 13.8. The Labute approximate surface area is 168 Å². The predicted molar refractivity (Wildman–Crippen MR) is 98.6 cm³/mol. The summed E-state index contributed by atoms with van der Waals surface area (Å²) in [5.41, 5.74) is 0.952. The Kier molecular flexibility index (Phi) is 8.60. The second kappa shape index (κ2) is 11.4. The van der Waals surface area contributed by atoms with Gasteiger partial charge in [-0.25, -0.2) is 4.79 Å². The Balaban J connectivity index is 1.26. The topological polar surface area (TPSA) is 66.5 Å². The minimum absolute atomic E-state index is 0.0321. The zero-order chi connectivity index (χ0) is 20.5. The highest BCUT2D eigenvalue weighted by Crippen LogP contribution is 2.18. The Morgan fingerprint density at radius 1 is 1.07 bits per heavy atom. The number of benzene rings is 1. The van der Waals surface area contributed by atoms with Gasteiger partial charge in [-0.3, -0.25) is 0 Å². The maximum atomic E-state index is 12.3. The summed E-state index contributed by atoms with van der Waals surface area (Å²) >= 11 is 0. The largest absolute Gasteiger partial charge is 0.445 e. The first-order chi connectivity index (χ1) is 14.1. The molecule has 2 aliphatic rings. The second-order valence-corrected chi connectivity index (χ2v) is 6.98. The minimum Gasteiger partial charge on any atom is -0.445 e. The number of ether oxygens (including phenoxy) is 5. The van der Waals surface area contributed by atoms with Crippen LogP contribution in [0.1, 0.15) is 18.4 Å². The van der Waals surface area contributed by atoms with Crippen LogP contribution in [0.3, 0.4) is 0 Å². The van der Waals surface area contributed by atoms with Crippen LogP contribution in [0.2, 0.25) is 0 Å². The number of amides is 1. The lowest BCUT2D eigenvalue weighted by Gasteiger charge is -2.31. The van der Waals surface area contributed by atoms with Crippen molar-refractivity contribution in [3.63, 3.8) is 0 Å². The van der Waals surface area contributed by atoms with Crippen molar-refractivity contribution in [2.45, 2.75) is 44.4 Å². The van der Waals surface area contributed by atoms with E-state index >= 15 is 0 Å². The maximum Gasteiger partial charge on any atom is 0.410 e. The molecule has 0 radical (unpaired) electrons. The van der Waals surface area contributed by atoms with Gasteiger partial charge in [-0.1, -0.05) is 30.3 Å². The number of hydrogen-bond donors (Lipinski definition) is 0. The first-order valence-electron chi connectivity index (χ1n) is 9.82. The number of nitrogens with zero attached hydrogens (tertiary/aromatic N) is 1. The standard InChI is InChI=1S/C20H27F2NO6/c21-19(22)29-18-14-25-13-17(18)27-11-10-26-16-6-8-23(9-7-16)20(24)28-12-15-4-2-1-3-5-15/h1-5,16-19H,6-14H2/t17-,18-/m0/s1. The first-order valence-corrected chi connectivity index (χ1v) is 9.82. The SMILES string of the molecule is O=C(OCc1ccccc1)N1CCC(OCCO[C@H]2COC[C@@H]2OC(F)F)CC1. The molecule has 1 aromatic rings. The average molecular weight is 415 g/mol. The van der Waals surface area contributed by atoms with Gasteiger partial charge in [-0.2, -0.15) is 8.78 Å². The summed E-state index contributed by atoms with van der Waals surface area (Å²) < 4.78 is 50.9. The summed E-state index contributed by atoms with van der Waals surface area (Å²) in [7, 11) is 0. The molecule has 0 bridgehead atoms. The summed E-state index contributed by atoms with van der Waals surface area (Å²) in [6.45, 7) is -0.477. The van der Waals surface area contributed by atoms with Gasteiger partial charge in [0.2, 0.25) is 0 Å². The van der Waals surface area contributed by atoms with E-state index in [1.54, 1.807) is 4.90 Å². The third kappa shape index (κ3) is 7.18. The van der Waals surface area contributed by atoms with Gasteiger partial charge in [0.1, 0.15) is 18.8 Å². The zero-order valence-corrected chi connectivity index (χ0v) is 16.2. The summed E-state index contributed by atoms with van der Waals surface area (Å²) in [6, 6.07) is 9.55. The average Bonchev–Trinajstić information content (AvgIpc) is 3.17. The van der Waals surface area contributed by atoms with Crippen LogP contribution in [0.15, 0.2) is 30.3 Å². The molecule has 9 heteroatoms. The molecule has 0 aliphatic carbocycles. The van der Waals surface area contributed by atoms with Crippen molar-refractivity contribution < 1.29 is 37.3 Å². The van der Waals surface area contributed by atoms with E-state index in [2.05, 4.69) is 4.74 Å². The second-order valence-electron chi connectivity index (χ2n) is 6.98. The van der Waals surface area contributed by atoms with Gasteiger partial charge in [0.05, 0.1) is 32.5 Å². The molecule has 0 saturated carbocycles. The molecule has 2 fully saturated rings. The third-order valence-electron chi connectivity index (χ3n) is 4.93. The van der Waals surface area contributed by atoms with Gasteiger partial charge in [-0.15, -0.1) is 0 Å². The smallest absolute Gasteiger partial charge is 0.410 e. The molecule has 1 aromatic carbocycles. The van der Waals surface area contributed by atoms with Crippen LogP contribution >= 0.6 is 0 Å². The fraction of sp³-hybridized carbons (Fsp3) is 0.650. The van der Waals surface area contributed by atoms with Crippen molar-refractivity contribution in [3.8, 4) is 0 Å². The highest BCUT2D eigenvalue weighted by molar-refractivity contribution is 5.67. The first kappa shape index (κ1) is 21.9. The molecule has 7 nitrogen and oxygen atoms in total. The molecular weight excluding hydrogens is 388 g/mol. The Morgan fingerprint density at radius 2 is 1.76 bits per heavy atom. The van der Waals surface area contributed by atoms with Gasteiger partial charge in [0.15, 0.2) is 0 Å². The Bertz CT molecular complexity index is 612. The summed E-state index contributed by atoms with van der Waals surface area (Å²) in [5.74, 6) is 0. The molecule has 2 atom stereocenters. The van der Waals surface area contributed by atoms with Crippen molar-refractivity contribution in [1.82, 2.24) is 4.90 Å². The number of hydrogen-bond acceptors (Lipinski definition) is 6. The number of rotatable bonds is 9. The van der Waals surface area contributed by atoms with Crippen LogP contribution in [0.5, 0.6) is 0 Å². The zero-order valence-electron chi connectivity index (χ0n) is 16.2. The molecule has 0 N–H and O–H groups in total. The number of carbonyl (C=O) groups is 1. The van der Waals surface area contributed by atoms with Crippen molar-refractivity contribution in [3.05, 3.63) is 35.9 Å². The van der Waals surface area contributed by atoms with Crippen molar-refractivity contribution in [2.75, 3.05) is 39.5 Å². The van der Waals surface area contributed by atoms with Crippen LogP contribution < -0.4 is 0 Å². The van der Waals surface area contributed by atoms with E-state index in [1.807, 2.05) is 30.3 Å². The molecule has 0 aromatic heterocycles. The molecule has 1 amide bonds. The van der Waals surface area contributed by atoms with E-state index < -0.39 is 18.8 Å². The number of carbonyl (C=O) groups excluding carboxylic acids is 1. The predicted octanol–water partition coefficient (Wildman–Crippen LogP) is 2.83. The number of piperidine rings is 1. The maximum absolute atomic E-state index is 12.3. The normalized spacial score (nSPS) is 22.9. The van der Waals surface area contributed by atoms with Crippen LogP contribution in [-0.2, 0) is 30.3 Å². The fourth-order valence-electron chi connectivity index (χ4n) is 3.36. The molecule has 2 aliphatic heterocycles. The highest BCUT2D eigenvalue weighted by Gasteiger charge is 2.32. The molecule has 162 valence electrons. The molecule has 2 saturated heterocycles. The van der Waals surface area contributed by atoms with Gasteiger partial charge in [-0.05, 0) is 18.4 Å². The molecule has 0 spiro atoms. The monoisotopic (exact) mass is 415 g/mol. The van der Waals surface area contributed by atoms with E-state index in [0.717, 1.165) is 5.56 Å². The number of halogens is 2. The van der Waals surface area contributed by atoms with Gasteiger partial charge < -0.3 is 28.6 Å². The van der Waals surface area contributed by atoms with Gasteiger partial charge >= 0.3 is 12.7 Å². The summed E-state index contributed by atoms with van der Waals surface area (Å²) in [6.07, 6.45) is -0.116. The lowest BCUT2D eigenvalue weighted by molar-refractivity contribution is -0.185. The molecule has 0 unspecified atom stereocenters. The molecule has 3 rings (SSSR count). The third-order valence-corrected chi connectivity index (χ3v) is 4.93. The van der Waals surface area contributed by atoms with Crippen molar-refractivity contribution in [2.24, 2.45) is 0 Å². The van der Waals surface area contributed by atoms with E-state index in [9.17, 15) is 13.6 Å². The van der Waals surface area contributed by atoms with E-state index in [-0.39, 0.29) is 38.6 Å². The molecule has 2 heterocycles. The minimum atomic E-state index is -2.84. The number of alkyl halides is 2. The van der Waals surface area contributed by atoms with E-state index in [1.165, 1.54) is 0 Å². The van der Waals surface area contributed by atoms with Gasteiger partial charge in [0, 0.05) is 13.1 Å². The Hall–Kier alpha value is -1.81. The molecular formula is C20H27F2NO6. The van der Waals surface area contributed by atoms with Crippen LogP contribution in [0.4, 0.5) is 13.6 Å². The Morgan fingerprint density at radius 3 is 2.48 bits per heavy atom. The van der Waals surface area contributed by atoms with Crippen LogP contribution in [-0.4, -0.2) is 75.4 Å².